The van der Waals surface area contributed by atoms with E-state index in [-0.39, 0.29) is 41.2 Å². The number of phenolic OH excluding ortho intramolecular Hbond substituents is 2. The number of ketones is 1. The molecule has 0 unspecified atom stereocenters. The minimum absolute atomic E-state index is 0.0105. The average molecular weight is 515 g/mol. The monoisotopic (exact) mass is 514 g/mol. The lowest BCUT2D eigenvalue weighted by Crippen LogP contribution is -2.13. The second kappa shape index (κ2) is 9.75. The van der Waals surface area contributed by atoms with Gasteiger partial charge in [-0.25, -0.2) is 0 Å². The van der Waals surface area contributed by atoms with Crippen LogP contribution in [0.5, 0.6) is 17.2 Å². The molecule has 2 atom stereocenters. The number of aromatic nitrogens is 2. The van der Waals surface area contributed by atoms with E-state index in [1.807, 2.05) is 12.1 Å². The second-order valence-corrected chi connectivity index (χ2v) is 9.29. The van der Waals surface area contributed by atoms with Crippen molar-refractivity contribution in [3.63, 3.8) is 0 Å². The highest BCUT2D eigenvalue weighted by molar-refractivity contribution is 5.98. The summed E-state index contributed by atoms with van der Waals surface area (Å²) in [4.78, 5) is 33.7. The molecule has 0 saturated heterocycles. The summed E-state index contributed by atoms with van der Waals surface area (Å²) < 4.78 is 10.9. The first kappa shape index (κ1) is 25.2. The van der Waals surface area contributed by atoms with Crippen molar-refractivity contribution in [3.8, 4) is 17.2 Å². The van der Waals surface area contributed by atoms with E-state index in [4.69, 9.17) is 9.47 Å². The summed E-state index contributed by atoms with van der Waals surface area (Å²) >= 11 is 0. The number of Topliss-reactive ketones (excluding diaryl/α,β-unsaturated/α-hetero) is 1. The van der Waals surface area contributed by atoms with E-state index in [2.05, 4.69) is 9.97 Å². The van der Waals surface area contributed by atoms with Crippen LogP contribution in [-0.4, -0.2) is 44.1 Å². The molecular weight excluding hydrogens is 488 g/mol. The number of phenols is 2. The summed E-state index contributed by atoms with van der Waals surface area (Å²) in [6.07, 6.45) is 2.11. The summed E-state index contributed by atoms with van der Waals surface area (Å²) in [5.41, 5.74) is 2.91. The maximum atomic E-state index is 12.6. The van der Waals surface area contributed by atoms with E-state index < -0.39 is 29.5 Å². The average Bonchev–Trinajstić information content (AvgIpc) is 3.34. The van der Waals surface area contributed by atoms with Crippen LogP contribution < -0.4 is 0 Å². The third-order valence-electron chi connectivity index (χ3n) is 7.00. The number of esters is 1. The molecule has 0 fully saturated rings. The molecule has 0 saturated carbocycles. The lowest BCUT2D eigenvalue weighted by Gasteiger charge is -2.24. The maximum absolute atomic E-state index is 12.6. The predicted octanol–water partition coefficient (Wildman–Crippen LogP) is 4.57. The zero-order valence-corrected chi connectivity index (χ0v) is 21.1. The molecule has 9 heteroatoms. The number of fused-ring (bicyclic) bond motifs is 2. The molecule has 0 amide bonds. The Morgan fingerprint density at radius 1 is 1.11 bits per heavy atom. The molecule has 5 rings (SSSR count). The van der Waals surface area contributed by atoms with Crippen LogP contribution in [0.15, 0.2) is 48.8 Å². The van der Waals surface area contributed by atoms with E-state index in [1.54, 1.807) is 37.5 Å². The van der Waals surface area contributed by atoms with Gasteiger partial charge < -0.3 is 24.8 Å². The number of carbonyl (C=O) groups excluding carboxylic acids is 2. The van der Waals surface area contributed by atoms with Gasteiger partial charge in [0.05, 0.1) is 36.9 Å². The first-order valence-corrected chi connectivity index (χ1v) is 12.0. The molecule has 0 bridgehead atoms. The smallest absolute Gasteiger partial charge is 0.306 e. The van der Waals surface area contributed by atoms with Crippen LogP contribution in [0.1, 0.15) is 69.2 Å². The van der Waals surface area contributed by atoms with E-state index in [1.165, 1.54) is 20.1 Å². The van der Waals surface area contributed by atoms with Crippen LogP contribution >= 0.6 is 0 Å². The van der Waals surface area contributed by atoms with Gasteiger partial charge in [-0.1, -0.05) is 12.1 Å². The Morgan fingerprint density at radius 2 is 1.89 bits per heavy atom. The van der Waals surface area contributed by atoms with Gasteiger partial charge in [0.1, 0.15) is 23.4 Å². The summed E-state index contributed by atoms with van der Waals surface area (Å²) in [6, 6.07) is 10.4. The number of hydrogen-bond acceptors (Lipinski definition) is 9. The molecule has 0 aliphatic carbocycles. The van der Waals surface area contributed by atoms with Crippen LogP contribution in [0, 0.1) is 6.92 Å². The van der Waals surface area contributed by atoms with Crippen molar-refractivity contribution in [2.24, 2.45) is 0 Å². The fourth-order valence-corrected chi connectivity index (χ4v) is 5.01. The minimum Gasteiger partial charge on any atom is -0.507 e. The number of rotatable bonds is 6. The van der Waals surface area contributed by atoms with Crippen molar-refractivity contribution < 1.29 is 34.4 Å². The van der Waals surface area contributed by atoms with Gasteiger partial charge in [0, 0.05) is 46.0 Å². The number of aromatic hydroxyl groups is 3. The highest BCUT2D eigenvalue weighted by atomic mass is 16.5. The zero-order valence-electron chi connectivity index (χ0n) is 21.1. The Kier molecular flexibility index (Phi) is 6.46. The Balaban J connectivity index is 1.76. The molecule has 3 N–H and O–H groups in total. The molecular formula is C29H26N2O7. The van der Waals surface area contributed by atoms with Gasteiger partial charge in [-0.3, -0.25) is 19.6 Å². The second-order valence-electron chi connectivity index (χ2n) is 9.29. The number of pyridine rings is 2. The van der Waals surface area contributed by atoms with E-state index in [9.17, 15) is 24.9 Å². The normalized spacial score (nSPS) is 15.3. The van der Waals surface area contributed by atoms with Gasteiger partial charge in [0.25, 0.3) is 0 Å². The first-order valence-electron chi connectivity index (χ1n) is 12.0. The quantitative estimate of drug-likeness (QED) is 0.249. The number of nitrogens with zero attached hydrogens (tertiary/aromatic N) is 2. The molecule has 9 nitrogen and oxygen atoms in total. The summed E-state index contributed by atoms with van der Waals surface area (Å²) in [5.74, 6) is -2.75. The van der Waals surface area contributed by atoms with Crippen molar-refractivity contribution >= 4 is 22.7 Å². The Hall–Kier alpha value is -4.50. The molecule has 1 aliphatic rings. The molecule has 4 aromatic rings. The number of aryl methyl sites for hydroxylation is 1. The Labute approximate surface area is 218 Å². The highest BCUT2D eigenvalue weighted by Gasteiger charge is 2.36. The zero-order chi connectivity index (χ0) is 27.1. The third-order valence-corrected chi connectivity index (χ3v) is 7.00. The van der Waals surface area contributed by atoms with Gasteiger partial charge in [-0.15, -0.1) is 0 Å². The standard InChI is InChI=1S/C29H26N2O7/c1-14-26(34)24-18(12-31-14)13-38-29(24)21-10-19(15(2)32)27(35)25(28(21)36)20(11-23(33)37-3)16-6-7-22-17(9-16)5-4-8-30-22/h4-10,12,20,29,34-36H,11,13H2,1-3H3/t20-,29+/m1/s1. The van der Waals surface area contributed by atoms with Crippen LogP contribution in [-0.2, 0) is 20.9 Å². The van der Waals surface area contributed by atoms with Crippen molar-refractivity contribution in [3.05, 3.63) is 87.9 Å². The van der Waals surface area contributed by atoms with Crippen LogP contribution in [0.4, 0.5) is 0 Å². The lowest BCUT2D eigenvalue weighted by atomic mass is 9.82. The predicted molar refractivity (Wildman–Crippen MR) is 137 cm³/mol. The van der Waals surface area contributed by atoms with Gasteiger partial charge in [-0.2, -0.15) is 0 Å². The molecule has 1 aliphatic heterocycles. The highest BCUT2D eigenvalue weighted by Crippen LogP contribution is 2.50. The fourth-order valence-electron chi connectivity index (χ4n) is 5.01. The molecule has 3 heterocycles. The summed E-state index contributed by atoms with van der Waals surface area (Å²) in [7, 11) is 1.25. The molecule has 2 aromatic heterocycles. The van der Waals surface area contributed by atoms with E-state index in [0.29, 0.717) is 22.4 Å². The van der Waals surface area contributed by atoms with Crippen molar-refractivity contribution in [2.45, 2.75) is 38.9 Å². The third kappa shape index (κ3) is 4.20. The number of ether oxygens (including phenoxy) is 2. The first-order chi connectivity index (χ1) is 18.2. The topological polar surface area (TPSA) is 139 Å². The van der Waals surface area contributed by atoms with Crippen molar-refractivity contribution in [2.75, 3.05) is 7.11 Å². The van der Waals surface area contributed by atoms with E-state index >= 15 is 0 Å². The van der Waals surface area contributed by atoms with Crippen LogP contribution in [0.3, 0.4) is 0 Å². The molecule has 2 aromatic carbocycles. The largest absolute Gasteiger partial charge is 0.507 e. The van der Waals surface area contributed by atoms with Gasteiger partial charge in [0.2, 0.25) is 0 Å². The Morgan fingerprint density at radius 3 is 2.63 bits per heavy atom. The summed E-state index contributed by atoms with van der Waals surface area (Å²) in [6.45, 7) is 3.08. The molecule has 194 valence electrons. The maximum Gasteiger partial charge on any atom is 0.306 e. The Bertz CT molecular complexity index is 1600. The number of benzene rings is 2. The number of methoxy groups -OCH3 is 1. The number of hydrogen-bond donors (Lipinski definition) is 3. The molecule has 0 spiro atoms. The molecule has 0 radical (unpaired) electrons. The van der Waals surface area contributed by atoms with Gasteiger partial charge >= 0.3 is 5.97 Å². The number of carbonyl (C=O) groups is 2. The van der Waals surface area contributed by atoms with Crippen LogP contribution in [0.2, 0.25) is 0 Å². The van der Waals surface area contributed by atoms with E-state index in [0.717, 1.165) is 10.9 Å². The SMILES string of the molecule is COC(=O)C[C@H](c1ccc2ncccc2c1)c1c(O)c(C(C)=O)cc([C@@H]2OCc3cnc(C)c(O)c32)c1O. The molecule has 38 heavy (non-hydrogen) atoms. The van der Waals surface area contributed by atoms with Gasteiger partial charge in [0.15, 0.2) is 5.78 Å². The fraction of sp³-hybridized carbons (Fsp3) is 0.241. The lowest BCUT2D eigenvalue weighted by molar-refractivity contribution is -0.140. The summed E-state index contributed by atoms with van der Waals surface area (Å²) in [5, 5.41) is 34.5. The van der Waals surface area contributed by atoms with Crippen molar-refractivity contribution in [1.82, 2.24) is 9.97 Å². The minimum atomic E-state index is -0.927. The van der Waals surface area contributed by atoms with Crippen LogP contribution in [0.25, 0.3) is 10.9 Å². The van der Waals surface area contributed by atoms with Crippen molar-refractivity contribution in [1.29, 1.82) is 0 Å². The van der Waals surface area contributed by atoms with Gasteiger partial charge in [-0.05, 0) is 43.7 Å².